The largest absolute Gasteiger partial charge is 0.477 e. The predicted octanol–water partition coefficient (Wildman–Crippen LogP) is 2.22. The van der Waals surface area contributed by atoms with Gasteiger partial charge < -0.3 is 10.4 Å². The molecule has 0 bridgehead atoms. The zero-order chi connectivity index (χ0) is 11.5. The van der Waals surface area contributed by atoms with Gasteiger partial charge in [0.15, 0.2) is 5.13 Å². The number of carboxylic acids is 1. The first kappa shape index (κ1) is 11.0. The SMILES string of the molecule is Cc1csc(CNc2ncc(C(=O)O)s2)n1. The van der Waals surface area contributed by atoms with Crippen LogP contribution >= 0.6 is 22.7 Å². The highest BCUT2D eigenvalue weighted by molar-refractivity contribution is 7.17. The van der Waals surface area contributed by atoms with Gasteiger partial charge in [-0.05, 0) is 6.92 Å². The van der Waals surface area contributed by atoms with Crippen LogP contribution in [0.4, 0.5) is 5.13 Å². The molecule has 2 rings (SSSR count). The smallest absolute Gasteiger partial charge is 0.347 e. The molecule has 5 nitrogen and oxygen atoms in total. The van der Waals surface area contributed by atoms with Crippen LogP contribution in [0.2, 0.25) is 0 Å². The molecule has 2 N–H and O–H groups in total. The highest BCUT2D eigenvalue weighted by Crippen LogP contribution is 2.19. The van der Waals surface area contributed by atoms with Crippen molar-refractivity contribution in [2.24, 2.45) is 0 Å². The van der Waals surface area contributed by atoms with Gasteiger partial charge in [0.05, 0.1) is 12.7 Å². The summed E-state index contributed by atoms with van der Waals surface area (Å²) >= 11 is 2.69. The Morgan fingerprint density at radius 2 is 2.44 bits per heavy atom. The van der Waals surface area contributed by atoms with Crippen molar-refractivity contribution in [3.63, 3.8) is 0 Å². The highest BCUT2D eigenvalue weighted by atomic mass is 32.1. The van der Waals surface area contributed by atoms with Crippen molar-refractivity contribution in [1.82, 2.24) is 9.97 Å². The molecule has 0 spiro atoms. The monoisotopic (exact) mass is 255 g/mol. The minimum atomic E-state index is -0.948. The summed E-state index contributed by atoms with van der Waals surface area (Å²) in [6.45, 7) is 2.51. The van der Waals surface area contributed by atoms with Gasteiger partial charge in [0.1, 0.15) is 9.88 Å². The lowest BCUT2D eigenvalue weighted by atomic mass is 10.6. The van der Waals surface area contributed by atoms with Crippen LogP contribution in [0, 0.1) is 6.92 Å². The molecular weight excluding hydrogens is 246 g/mol. The Bertz CT molecular complexity index is 506. The van der Waals surface area contributed by atoms with E-state index in [2.05, 4.69) is 15.3 Å². The summed E-state index contributed by atoms with van der Waals surface area (Å²) < 4.78 is 0. The van der Waals surface area contributed by atoms with E-state index in [1.165, 1.54) is 6.20 Å². The van der Waals surface area contributed by atoms with Crippen molar-refractivity contribution < 1.29 is 9.90 Å². The lowest BCUT2D eigenvalue weighted by molar-refractivity contribution is 0.0702. The van der Waals surface area contributed by atoms with E-state index in [9.17, 15) is 4.79 Å². The molecule has 0 atom stereocenters. The van der Waals surface area contributed by atoms with Gasteiger partial charge in [0, 0.05) is 11.1 Å². The van der Waals surface area contributed by atoms with Crippen LogP contribution in [-0.4, -0.2) is 21.0 Å². The van der Waals surface area contributed by atoms with Crippen molar-refractivity contribution in [2.45, 2.75) is 13.5 Å². The fraction of sp³-hybridized carbons (Fsp3) is 0.222. The molecule has 0 aromatic carbocycles. The van der Waals surface area contributed by atoms with Crippen LogP contribution in [0.1, 0.15) is 20.4 Å². The van der Waals surface area contributed by atoms with Crippen molar-refractivity contribution in [2.75, 3.05) is 5.32 Å². The number of hydrogen-bond donors (Lipinski definition) is 2. The van der Waals surface area contributed by atoms with Gasteiger partial charge >= 0.3 is 5.97 Å². The zero-order valence-electron chi connectivity index (χ0n) is 8.43. The minimum absolute atomic E-state index is 0.234. The molecule has 0 aliphatic heterocycles. The number of rotatable bonds is 4. The Hall–Kier alpha value is -1.47. The third kappa shape index (κ3) is 2.56. The molecule has 0 saturated carbocycles. The van der Waals surface area contributed by atoms with Gasteiger partial charge in [0.2, 0.25) is 0 Å². The van der Waals surface area contributed by atoms with E-state index in [0.29, 0.717) is 11.7 Å². The molecule has 7 heteroatoms. The van der Waals surface area contributed by atoms with Crippen LogP contribution in [0.25, 0.3) is 0 Å². The second kappa shape index (κ2) is 4.58. The molecule has 0 radical (unpaired) electrons. The van der Waals surface area contributed by atoms with Crippen molar-refractivity contribution in [3.8, 4) is 0 Å². The maximum Gasteiger partial charge on any atom is 0.347 e. The Balaban J connectivity index is 1.97. The topological polar surface area (TPSA) is 75.1 Å². The summed E-state index contributed by atoms with van der Waals surface area (Å²) in [7, 11) is 0. The average Bonchev–Trinajstić information content (AvgIpc) is 2.83. The Labute approximate surface area is 99.8 Å². The second-order valence-electron chi connectivity index (χ2n) is 3.07. The molecule has 0 fully saturated rings. The van der Waals surface area contributed by atoms with E-state index < -0.39 is 5.97 Å². The minimum Gasteiger partial charge on any atom is -0.477 e. The molecule has 2 heterocycles. The zero-order valence-corrected chi connectivity index (χ0v) is 10.1. The first-order chi connectivity index (χ1) is 7.65. The standard InChI is InChI=1S/C9H9N3O2S2/c1-5-4-15-7(12-5)3-11-9-10-2-6(16-9)8(13)14/h2,4H,3H2,1H3,(H,10,11)(H,13,14). The Morgan fingerprint density at radius 1 is 1.62 bits per heavy atom. The van der Waals surface area contributed by atoms with Crippen molar-refractivity contribution in [1.29, 1.82) is 0 Å². The maximum atomic E-state index is 10.6. The number of thiazole rings is 2. The summed E-state index contributed by atoms with van der Waals surface area (Å²) in [5.74, 6) is -0.948. The molecule has 2 aromatic heterocycles. The van der Waals surface area contributed by atoms with Gasteiger partial charge in [-0.3, -0.25) is 0 Å². The van der Waals surface area contributed by atoms with Crippen molar-refractivity contribution in [3.05, 3.63) is 27.2 Å². The number of carbonyl (C=O) groups is 1. The molecule has 0 aliphatic carbocycles. The van der Waals surface area contributed by atoms with Crippen LogP contribution < -0.4 is 5.32 Å². The van der Waals surface area contributed by atoms with E-state index in [1.54, 1.807) is 11.3 Å². The number of aryl methyl sites for hydroxylation is 1. The number of anilines is 1. The molecule has 0 amide bonds. The fourth-order valence-corrected chi connectivity index (χ4v) is 2.45. The van der Waals surface area contributed by atoms with Crippen LogP contribution in [0.15, 0.2) is 11.6 Å². The number of nitrogens with zero attached hydrogens (tertiary/aromatic N) is 2. The van der Waals surface area contributed by atoms with Crippen LogP contribution in [0.5, 0.6) is 0 Å². The first-order valence-corrected chi connectivity index (χ1v) is 6.19. The molecule has 84 valence electrons. The Kier molecular flexibility index (Phi) is 3.16. The van der Waals surface area contributed by atoms with Gasteiger partial charge in [-0.2, -0.15) is 0 Å². The summed E-state index contributed by atoms with van der Waals surface area (Å²) in [4.78, 5) is 19.1. The fourth-order valence-electron chi connectivity index (χ4n) is 1.09. The summed E-state index contributed by atoms with van der Waals surface area (Å²) in [5.41, 5.74) is 0.993. The molecule has 2 aromatic rings. The number of carboxylic acid groups (broad SMARTS) is 1. The third-order valence-corrected chi connectivity index (χ3v) is 3.68. The maximum absolute atomic E-state index is 10.6. The first-order valence-electron chi connectivity index (χ1n) is 4.49. The van der Waals surface area contributed by atoms with Gasteiger partial charge in [-0.15, -0.1) is 11.3 Å². The quantitative estimate of drug-likeness (QED) is 0.876. The molecular formula is C9H9N3O2S2. The number of aromatic nitrogens is 2. The van der Waals surface area contributed by atoms with Crippen molar-refractivity contribution >= 4 is 33.8 Å². The normalized spacial score (nSPS) is 10.3. The summed E-state index contributed by atoms with van der Waals surface area (Å²) in [6, 6.07) is 0. The average molecular weight is 255 g/mol. The summed E-state index contributed by atoms with van der Waals surface area (Å²) in [5, 5.41) is 15.3. The molecule has 16 heavy (non-hydrogen) atoms. The van der Waals surface area contributed by atoms with E-state index in [4.69, 9.17) is 5.11 Å². The molecule has 0 saturated heterocycles. The van der Waals surface area contributed by atoms with Crippen LogP contribution in [-0.2, 0) is 6.54 Å². The van der Waals surface area contributed by atoms with E-state index in [1.807, 2.05) is 12.3 Å². The lowest BCUT2D eigenvalue weighted by Crippen LogP contribution is -1.97. The third-order valence-electron chi connectivity index (χ3n) is 1.77. The van der Waals surface area contributed by atoms with Gasteiger partial charge in [-0.1, -0.05) is 11.3 Å². The molecule has 0 unspecified atom stereocenters. The number of aromatic carboxylic acids is 1. The lowest BCUT2D eigenvalue weighted by Gasteiger charge is -1.97. The number of nitrogens with one attached hydrogen (secondary N) is 1. The van der Waals surface area contributed by atoms with Crippen LogP contribution in [0.3, 0.4) is 0 Å². The predicted molar refractivity (Wildman–Crippen MR) is 63.3 cm³/mol. The summed E-state index contributed by atoms with van der Waals surface area (Å²) in [6.07, 6.45) is 1.35. The van der Waals surface area contributed by atoms with E-state index in [0.717, 1.165) is 22.0 Å². The highest BCUT2D eigenvalue weighted by Gasteiger charge is 2.08. The van der Waals surface area contributed by atoms with E-state index >= 15 is 0 Å². The van der Waals surface area contributed by atoms with Gasteiger partial charge in [-0.25, -0.2) is 14.8 Å². The van der Waals surface area contributed by atoms with Gasteiger partial charge in [0.25, 0.3) is 0 Å². The Morgan fingerprint density at radius 3 is 3.00 bits per heavy atom. The van der Waals surface area contributed by atoms with E-state index in [-0.39, 0.29) is 4.88 Å². The second-order valence-corrected chi connectivity index (χ2v) is 5.04. The number of hydrogen-bond acceptors (Lipinski definition) is 6. The molecule has 0 aliphatic rings.